The summed E-state index contributed by atoms with van der Waals surface area (Å²) in [7, 11) is 0. The first-order chi connectivity index (χ1) is 16.7. The van der Waals surface area contributed by atoms with Gasteiger partial charge < -0.3 is 4.42 Å². The number of carbonyl (C=O) groups excluding carboxylic acids is 3. The largest absolute Gasteiger partial charge is 0.455 e. The minimum atomic E-state index is -0.662. The number of amides is 3. The lowest BCUT2D eigenvalue weighted by Gasteiger charge is -2.13. The maximum absolute atomic E-state index is 13.1. The van der Waals surface area contributed by atoms with Crippen molar-refractivity contribution in [2.45, 2.75) is 26.2 Å². The van der Waals surface area contributed by atoms with E-state index in [4.69, 9.17) is 27.6 Å². The van der Waals surface area contributed by atoms with Crippen LogP contribution in [0.4, 0.5) is 4.39 Å². The lowest BCUT2D eigenvalue weighted by molar-refractivity contribution is 0.0829. The molecule has 1 aliphatic carbocycles. The first-order valence-corrected chi connectivity index (χ1v) is 11.3. The zero-order valence-electron chi connectivity index (χ0n) is 18.4. The second-order valence-corrected chi connectivity index (χ2v) is 8.59. The Morgan fingerprint density at radius 1 is 0.971 bits per heavy atom. The van der Waals surface area contributed by atoms with Gasteiger partial charge in [-0.3, -0.25) is 25.2 Å². The number of nitrogens with zero attached hydrogens (tertiary/aromatic N) is 1. The van der Waals surface area contributed by atoms with Gasteiger partial charge in [-0.2, -0.15) is 5.10 Å². The van der Waals surface area contributed by atoms with Gasteiger partial charge in [-0.1, -0.05) is 23.2 Å². The van der Waals surface area contributed by atoms with E-state index in [0.717, 1.165) is 0 Å². The van der Waals surface area contributed by atoms with E-state index in [0.29, 0.717) is 46.9 Å². The summed E-state index contributed by atoms with van der Waals surface area (Å²) in [5, 5.41) is 4.73. The maximum Gasteiger partial charge on any atom is 0.305 e. The number of benzene rings is 2. The molecule has 0 saturated carbocycles. The summed E-state index contributed by atoms with van der Waals surface area (Å²) >= 11 is 11.9. The van der Waals surface area contributed by atoms with Crippen molar-refractivity contribution in [3.8, 4) is 0 Å². The molecule has 180 valence electrons. The Hall–Kier alpha value is -3.69. The van der Waals surface area contributed by atoms with E-state index in [1.807, 2.05) is 0 Å². The molecular formula is C24H19Cl2FN4O4. The third kappa shape index (κ3) is 5.36. The summed E-state index contributed by atoms with van der Waals surface area (Å²) in [4.78, 5) is 37.4. The summed E-state index contributed by atoms with van der Waals surface area (Å²) in [6.45, 7) is 1.69. The van der Waals surface area contributed by atoms with E-state index in [9.17, 15) is 18.8 Å². The quantitative estimate of drug-likeness (QED) is 0.440. The lowest BCUT2D eigenvalue weighted by atomic mass is 9.93. The number of carbonyl (C=O) groups is 3. The van der Waals surface area contributed by atoms with Crippen LogP contribution in [0.25, 0.3) is 0 Å². The van der Waals surface area contributed by atoms with Crippen LogP contribution in [0.2, 0.25) is 10.0 Å². The third-order valence-electron chi connectivity index (χ3n) is 5.40. The third-order valence-corrected chi connectivity index (χ3v) is 5.94. The number of furan rings is 1. The Morgan fingerprint density at radius 2 is 1.69 bits per heavy atom. The summed E-state index contributed by atoms with van der Waals surface area (Å²) in [6, 6.07) is 9.44. The van der Waals surface area contributed by atoms with Crippen molar-refractivity contribution in [2.24, 2.45) is 5.10 Å². The van der Waals surface area contributed by atoms with Crippen molar-refractivity contribution < 1.29 is 23.2 Å². The number of hydrogen-bond donors (Lipinski definition) is 3. The minimum Gasteiger partial charge on any atom is -0.455 e. The van der Waals surface area contributed by atoms with Crippen LogP contribution in [-0.4, -0.2) is 23.4 Å². The highest BCUT2D eigenvalue weighted by molar-refractivity contribution is 6.36. The van der Waals surface area contributed by atoms with Crippen LogP contribution in [-0.2, 0) is 6.42 Å². The summed E-state index contributed by atoms with van der Waals surface area (Å²) in [5.41, 5.74) is 9.18. The monoisotopic (exact) mass is 516 g/mol. The molecule has 0 bridgehead atoms. The predicted molar refractivity (Wildman–Crippen MR) is 128 cm³/mol. The topological polar surface area (TPSA) is 113 Å². The highest BCUT2D eigenvalue weighted by Gasteiger charge is 2.28. The van der Waals surface area contributed by atoms with E-state index in [1.165, 1.54) is 42.5 Å². The van der Waals surface area contributed by atoms with E-state index < -0.39 is 23.5 Å². The Balaban J connectivity index is 1.48. The first-order valence-electron chi connectivity index (χ1n) is 10.6. The van der Waals surface area contributed by atoms with Gasteiger partial charge in [-0.25, -0.2) is 9.82 Å². The number of aryl methyl sites for hydroxylation is 1. The zero-order valence-corrected chi connectivity index (χ0v) is 19.9. The highest BCUT2D eigenvalue weighted by atomic mass is 35.5. The van der Waals surface area contributed by atoms with Crippen LogP contribution in [0.3, 0.4) is 0 Å². The average molecular weight is 517 g/mol. The van der Waals surface area contributed by atoms with Gasteiger partial charge in [0.25, 0.3) is 11.8 Å². The molecule has 3 N–H and O–H groups in total. The Labute approximate surface area is 209 Å². The molecule has 0 atom stereocenters. The number of hydrazone groups is 1. The molecule has 1 aliphatic rings. The van der Waals surface area contributed by atoms with Crippen molar-refractivity contribution in [3.05, 3.63) is 92.1 Å². The molecule has 11 heteroatoms. The molecule has 0 fully saturated rings. The molecule has 1 heterocycles. The minimum absolute atomic E-state index is 0.0111. The molecule has 0 spiro atoms. The number of rotatable bonds is 4. The normalized spacial score (nSPS) is 13.8. The summed E-state index contributed by atoms with van der Waals surface area (Å²) in [5.74, 6) is -1.66. The summed E-state index contributed by atoms with van der Waals surface area (Å²) in [6.07, 6.45) is 1.85. The van der Waals surface area contributed by atoms with Gasteiger partial charge in [0, 0.05) is 28.1 Å². The zero-order chi connectivity index (χ0) is 25.1. The van der Waals surface area contributed by atoms with E-state index in [1.54, 1.807) is 6.92 Å². The van der Waals surface area contributed by atoms with Crippen molar-refractivity contribution >= 4 is 46.6 Å². The molecule has 1 aromatic heterocycles. The van der Waals surface area contributed by atoms with E-state index in [-0.39, 0.29) is 21.9 Å². The number of hydrogen-bond acceptors (Lipinski definition) is 5. The van der Waals surface area contributed by atoms with Crippen molar-refractivity contribution in [1.82, 2.24) is 16.3 Å². The van der Waals surface area contributed by atoms with Crippen molar-refractivity contribution in [1.29, 1.82) is 0 Å². The van der Waals surface area contributed by atoms with Crippen LogP contribution >= 0.6 is 23.2 Å². The van der Waals surface area contributed by atoms with Crippen LogP contribution in [0.15, 0.2) is 52.0 Å². The van der Waals surface area contributed by atoms with Crippen molar-refractivity contribution in [3.63, 3.8) is 0 Å². The molecule has 3 aromatic rings. The van der Waals surface area contributed by atoms with Gasteiger partial charge in [0.1, 0.15) is 11.6 Å². The second kappa shape index (κ2) is 10.3. The molecule has 0 aliphatic heterocycles. The Kier molecular flexibility index (Phi) is 7.18. The lowest BCUT2D eigenvalue weighted by Crippen LogP contribution is -2.41. The first kappa shape index (κ1) is 24.4. The fraction of sp³-hybridized carbons (Fsp3) is 0.167. The smallest absolute Gasteiger partial charge is 0.305 e. The Morgan fingerprint density at radius 3 is 2.40 bits per heavy atom. The number of halogens is 3. The van der Waals surface area contributed by atoms with Crippen LogP contribution in [0, 0.1) is 12.7 Å². The van der Waals surface area contributed by atoms with Gasteiger partial charge in [0.05, 0.1) is 16.3 Å². The number of fused-ring (bicyclic) bond motifs is 1. The molecule has 4 rings (SSSR count). The summed E-state index contributed by atoms with van der Waals surface area (Å²) < 4.78 is 18.9. The standard InChI is InChI=1S/C24H19Cl2FN4O4/c1-12-20-18(28-29-22(32)13-5-8-15(27)9-6-13)3-2-4-19(20)35-21(12)24(34)31-30-23(33)16-10-7-14(25)11-17(16)26/h5-11H,2-4H2,1H3,(H,29,32)(H,30,33)(H,31,34)/b28-18+. The van der Waals surface area contributed by atoms with Crippen molar-refractivity contribution in [2.75, 3.05) is 0 Å². The predicted octanol–water partition coefficient (Wildman–Crippen LogP) is 4.58. The van der Waals surface area contributed by atoms with Crippen LogP contribution in [0.5, 0.6) is 0 Å². The molecular weight excluding hydrogens is 498 g/mol. The molecule has 35 heavy (non-hydrogen) atoms. The van der Waals surface area contributed by atoms with Gasteiger partial charge >= 0.3 is 5.91 Å². The van der Waals surface area contributed by atoms with Gasteiger partial charge in [0.2, 0.25) is 0 Å². The van der Waals surface area contributed by atoms with Crippen LogP contribution in [0.1, 0.15) is 61.0 Å². The molecule has 0 radical (unpaired) electrons. The van der Waals surface area contributed by atoms with E-state index in [2.05, 4.69) is 21.4 Å². The molecule has 3 amide bonds. The molecule has 0 unspecified atom stereocenters. The fourth-order valence-corrected chi connectivity index (χ4v) is 4.19. The van der Waals surface area contributed by atoms with E-state index >= 15 is 0 Å². The molecule has 8 nitrogen and oxygen atoms in total. The highest BCUT2D eigenvalue weighted by Crippen LogP contribution is 2.30. The van der Waals surface area contributed by atoms with Gasteiger partial charge in [0.15, 0.2) is 5.76 Å². The molecule has 2 aromatic carbocycles. The maximum atomic E-state index is 13.1. The number of hydrazine groups is 1. The SMILES string of the molecule is Cc1c(C(=O)NNC(=O)c2ccc(Cl)cc2Cl)oc2c1/C(=N/NC(=O)c1ccc(F)cc1)CCC2. The molecule has 0 saturated heterocycles. The number of nitrogens with one attached hydrogen (secondary N) is 3. The average Bonchev–Trinajstić information content (AvgIpc) is 3.18. The Bertz CT molecular complexity index is 1350. The van der Waals surface area contributed by atoms with Gasteiger partial charge in [-0.15, -0.1) is 0 Å². The van der Waals surface area contributed by atoms with Crippen LogP contribution < -0.4 is 16.3 Å². The fourth-order valence-electron chi connectivity index (χ4n) is 3.69. The second-order valence-electron chi connectivity index (χ2n) is 7.75. The van der Waals surface area contributed by atoms with Gasteiger partial charge in [-0.05, 0) is 62.2 Å².